The van der Waals surface area contributed by atoms with Gasteiger partial charge in [0.05, 0.1) is 24.8 Å². The summed E-state index contributed by atoms with van der Waals surface area (Å²) in [6.07, 6.45) is 0.379. The van der Waals surface area contributed by atoms with Crippen molar-refractivity contribution in [3.8, 4) is 5.75 Å². The number of hydrogen-bond acceptors (Lipinski definition) is 5. The second kappa shape index (κ2) is 4.80. The van der Waals surface area contributed by atoms with Crippen molar-refractivity contribution < 1.29 is 9.53 Å². The van der Waals surface area contributed by atoms with Crippen LogP contribution in [0.1, 0.15) is 24.9 Å². The fourth-order valence-electron chi connectivity index (χ4n) is 2.44. The quantitative estimate of drug-likeness (QED) is 0.583. The van der Waals surface area contributed by atoms with E-state index in [1.165, 1.54) is 0 Å². The minimum Gasteiger partial charge on any atom is -0.491 e. The van der Waals surface area contributed by atoms with E-state index in [1.54, 1.807) is 0 Å². The molecule has 0 bridgehead atoms. The smallest absolute Gasteiger partial charge is 0.227 e. The molecule has 1 amide bonds. The van der Waals surface area contributed by atoms with Crippen molar-refractivity contribution in [2.24, 2.45) is 5.73 Å². The Balaban J connectivity index is 1.90. The highest BCUT2D eigenvalue weighted by Gasteiger charge is 2.31. The molecule has 2 aliphatic rings. The van der Waals surface area contributed by atoms with Gasteiger partial charge in [-0.25, -0.2) is 5.43 Å². The van der Waals surface area contributed by atoms with Gasteiger partial charge in [0, 0.05) is 12.1 Å². The van der Waals surface area contributed by atoms with Gasteiger partial charge in [0.1, 0.15) is 5.75 Å². The molecule has 1 aromatic carbocycles. The molecule has 0 radical (unpaired) electrons. The molecule has 6 heteroatoms. The fraction of sp³-hybridized carbons (Fsp3) is 0.462. The summed E-state index contributed by atoms with van der Waals surface area (Å²) >= 11 is 0. The molecule has 1 fully saturated rings. The molecule has 5 N–H and O–H groups in total. The number of hydrogen-bond donors (Lipinski definition) is 4. The first-order chi connectivity index (χ1) is 9.15. The van der Waals surface area contributed by atoms with Crippen LogP contribution in [0.3, 0.4) is 0 Å². The number of nitrogens with one attached hydrogen (secondary N) is 3. The lowest BCUT2D eigenvalue weighted by molar-refractivity contribution is -0.116. The Hall–Kier alpha value is -1.63. The Morgan fingerprint density at radius 3 is 2.95 bits per heavy atom. The van der Waals surface area contributed by atoms with Crippen LogP contribution in [0.4, 0.5) is 5.69 Å². The van der Waals surface area contributed by atoms with Gasteiger partial charge in [-0.1, -0.05) is 6.07 Å². The first-order valence-corrected chi connectivity index (χ1v) is 6.48. The highest BCUT2D eigenvalue weighted by molar-refractivity contribution is 5.93. The third kappa shape index (κ3) is 2.30. The lowest BCUT2D eigenvalue weighted by atomic mass is 9.97. The standard InChI is InChI=1S/C13H18N4O2/c1-7-12(14)13(17-16-7)8-2-3-10-9(6-8)15-11(18)4-5-19-10/h2-3,6-7,12-13,16-17H,4-5,14H2,1H3,(H,15,18). The van der Waals surface area contributed by atoms with E-state index in [0.29, 0.717) is 24.5 Å². The van der Waals surface area contributed by atoms with Gasteiger partial charge in [-0.3, -0.25) is 10.2 Å². The highest BCUT2D eigenvalue weighted by atomic mass is 16.5. The maximum Gasteiger partial charge on any atom is 0.227 e. The van der Waals surface area contributed by atoms with Crippen molar-refractivity contribution in [2.45, 2.75) is 31.5 Å². The van der Waals surface area contributed by atoms with E-state index in [0.717, 1.165) is 5.56 Å². The highest BCUT2D eigenvalue weighted by Crippen LogP contribution is 2.32. The number of benzene rings is 1. The van der Waals surface area contributed by atoms with Crippen LogP contribution in [-0.4, -0.2) is 24.6 Å². The number of amides is 1. The van der Waals surface area contributed by atoms with E-state index in [9.17, 15) is 4.79 Å². The molecule has 0 saturated carbocycles. The molecule has 102 valence electrons. The molecule has 19 heavy (non-hydrogen) atoms. The van der Waals surface area contributed by atoms with Crippen molar-refractivity contribution >= 4 is 11.6 Å². The Bertz CT molecular complexity index is 505. The predicted molar refractivity (Wildman–Crippen MR) is 71.6 cm³/mol. The van der Waals surface area contributed by atoms with Crippen LogP contribution in [0.2, 0.25) is 0 Å². The number of rotatable bonds is 1. The van der Waals surface area contributed by atoms with E-state index in [4.69, 9.17) is 10.5 Å². The lowest BCUT2D eigenvalue weighted by Gasteiger charge is -2.18. The van der Waals surface area contributed by atoms with E-state index in [2.05, 4.69) is 16.2 Å². The van der Waals surface area contributed by atoms with Crippen molar-refractivity contribution in [3.63, 3.8) is 0 Å². The summed E-state index contributed by atoms with van der Waals surface area (Å²) in [5.41, 5.74) is 14.2. The molecule has 3 atom stereocenters. The summed E-state index contributed by atoms with van der Waals surface area (Å²) in [6.45, 7) is 2.45. The molecule has 0 aliphatic carbocycles. The molecule has 3 unspecified atom stereocenters. The van der Waals surface area contributed by atoms with Gasteiger partial charge in [0.2, 0.25) is 5.91 Å². The molecule has 0 aromatic heterocycles. The average molecular weight is 262 g/mol. The zero-order chi connectivity index (χ0) is 13.4. The summed E-state index contributed by atoms with van der Waals surface area (Å²) < 4.78 is 5.53. The summed E-state index contributed by atoms with van der Waals surface area (Å²) in [4.78, 5) is 11.6. The minimum atomic E-state index is -0.0222. The first-order valence-electron chi connectivity index (χ1n) is 6.48. The Kier molecular flexibility index (Phi) is 3.14. The van der Waals surface area contributed by atoms with Gasteiger partial charge in [-0.2, -0.15) is 0 Å². The van der Waals surface area contributed by atoms with Crippen LogP contribution >= 0.6 is 0 Å². The molecule has 3 rings (SSSR count). The molecule has 2 heterocycles. The monoisotopic (exact) mass is 262 g/mol. The minimum absolute atomic E-state index is 0.0135. The number of carbonyl (C=O) groups is 1. The van der Waals surface area contributed by atoms with Crippen molar-refractivity contribution in [1.82, 2.24) is 10.9 Å². The van der Waals surface area contributed by atoms with Gasteiger partial charge in [0.15, 0.2) is 0 Å². The van der Waals surface area contributed by atoms with E-state index < -0.39 is 0 Å². The number of nitrogens with two attached hydrogens (primary N) is 1. The first kappa shape index (κ1) is 12.4. The zero-order valence-electron chi connectivity index (χ0n) is 10.8. The normalized spacial score (nSPS) is 30.2. The topological polar surface area (TPSA) is 88.4 Å². The Morgan fingerprint density at radius 2 is 2.21 bits per heavy atom. The van der Waals surface area contributed by atoms with Crippen molar-refractivity contribution in [1.29, 1.82) is 0 Å². The summed E-state index contributed by atoms with van der Waals surface area (Å²) in [7, 11) is 0. The van der Waals surface area contributed by atoms with E-state index >= 15 is 0 Å². The van der Waals surface area contributed by atoms with Gasteiger partial charge < -0.3 is 15.8 Å². The van der Waals surface area contributed by atoms with Crippen molar-refractivity contribution in [3.05, 3.63) is 23.8 Å². The molecular weight excluding hydrogens is 244 g/mol. The molecule has 0 spiro atoms. The largest absolute Gasteiger partial charge is 0.491 e. The Labute approximate surface area is 111 Å². The van der Waals surface area contributed by atoms with Gasteiger partial charge in [0.25, 0.3) is 0 Å². The van der Waals surface area contributed by atoms with Crippen LogP contribution in [0, 0.1) is 0 Å². The summed E-state index contributed by atoms with van der Waals surface area (Å²) in [6, 6.07) is 6.01. The fourth-order valence-corrected chi connectivity index (χ4v) is 2.44. The zero-order valence-corrected chi connectivity index (χ0v) is 10.8. The maximum absolute atomic E-state index is 11.6. The summed E-state index contributed by atoms with van der Waals surface area (Å²) in [5.74, 6) is 0.688. The van der Waals surface area contributed by atoms with Gasteiger partial charge in [-0.05, 0) is 24.6 Å². The van der Waals surface area contributed by atoms with E-state index in [1.807, 2.05) is 25.1 Å². The van der Waals surface area contributed by atoms with Crippen LogP contribution in [-0.2, 0) is 4.79 Å². The van der Waals surface area contributed by atoms with Crippen LogP contribution < -0.4 is 26.6 Å². The second-order valence-electron chi connectivity index (χ2n) is 5.03. The molecular formula is C13H18N4O2. The van der Waals surface area contributed by atoms with E-state index in [-0.39, 0.29) is 24.0 Å². The van der Waals surface area contributed by atoms with Crippen LogP contribution in [0.25, 0.3) is 0 Å². The molecule has 1 aromatic rings. The molecule has 1 saturated heterocycles. The lowest BCUT2D eigenvalue weighted by Crippen LogP contribution is -2.35. The second-order valence-corrected chi connectivity index (χ2v) is 5.03. The number of fused-ring (bicyclic) bond motifs is 1. The molecule has 6 nitrogen and oxygen atoms in total. The SMILES string of the molecule is CC1NNC(c2ccc3c(c2)NC(=O)CCO3)C1N. The van der Waals surface area contributed by atoms with Gasteiger partial charge in [-0.15, -0.1) is 0 Å². The van der Waals surface area contributed by atoms with Crippen LogP contribution in [0.15, 0.2) is 18.2 Å². The summed E-state index contributed by atoms with van der Waals surface area (Å²) in [5, 5.41) is 2.86. The van der Waals surface area contributed by atoms with Crippen LogP contribution in [0.5, 0.6) is 5.75 Å². The third-order valence-corrected chi connectivity index (χ3v) is 3.65. The van der Waals surface area contributed by atoms with Gasteiger partial charge >= 0.3 is 0 Å². The number of hydrazine groups is 1. The number of anilines is 1. The third-order valence-electron chi connectivity index (χ3n) is 3.65. The molecule has 2 aliphatic heterocycles. The number of carbonyl (C=O) groups excluding carboxylic acids is 1. The maximum atomic E-state index is 11.6. The predicted octanol–water partition coefficient (Wildman–Crippen LogP) is 0.272. The Morgan fingerprint density at radius 1 is 1.37 bits per heavy atom. The number of ether oxygens (including phenoxy) is 1. The average Bonchev–Trinajstić information content (AvgIpc) is 2.61. The van der Waals surface area contributed by atoms with Crippen molar-refractivity contribution in [2.75, 3.05) is 11.9 Å².